The van der Waals surface area contributed by atoms with Crippen LogP contribution in [-0.2, 0) is 18.4 Å². The van der Waals surface area contributed by atoms with E-state index in [-0.39, 0.29) is 11.2 Å². The Morgan fingerprint density at radius 1 is 1.16 bits per heavy atom. The molecule has 0 aliphatic heterocycles. The molecule has 1 heterocycles. The van der Waals surface area contributed by atoms with Gasteiger partial charge in [-0.25, -0.2) is 4.39 Å². The van der Waals surface area contributed by atoms with E-state index in [1.165, 1.54) is 22.0 Å². The van der Waals surface area contributed by atoms with Crippen LogP contribution in [0, 0.1) is 5.82 Å². The monoisotopic (exact) mass is 356 g/mol. The van der Waals surface area contributed by atoms with Gasteiger partial charge in [-0.15, -0.1) is 0 Å². The SMILES string of the molecule is CNCCc1cn(CC2(c3ccc(F)cc3)CC2)c2ccc(Cl)cc12. The maximum absolute atomic E-state index is 13.3. The summed E-state index contributed by atoms with van der Waals surface area (Å²) in [5, 5.41) is 5.23. The Bertz CT molecular complexity index is 894. The number of nitrogens with zero attached hydrogens (tertiary/aromatic N) is 1. The third-order valence-electron chi connectivity index (χ3n) is 5.35. The minimum Gasteiger partial charge on any atom is -0.346 e. The average Bonchev–Trinajstić information content (AvgIpc) is 3.31. The first kappa shape index (κ1) is 16.6. The van der Waals surface area contributed by atoms with Gasteiger partial charge in [0.15, 0.2) is 0 Å². The number of aromatic nitrogens is 1. The normalized spacial score (nSPS) is 15.6. The van der Waals surface area contributed by atoms with Crippen LogP contribution in [0.15, 0.2) is 48.7 Å². The van der Waals surface area contributed by atoms with Crippen molar-refractivity contribution >= 4 is 22.5 Å². The highest BCUT2D eigenvalue weighted by molar-refractivity contribution is 6.31. The van der Waals surface area contributed by atoms with Crippen LogP contribution >= 0.6 is 11.6 Å². The number of hydrogen-bond donors (Lipinski definition) is 1. The van der Waals surface area contributed by atoms with Gasteiger partial charge in [0.2, 0.25) is 0 Å². The van der Waals surface area contributed by atoms with Gasteiger partial charge in [0, 0.05) is 34.1 Å². The van der Waals surface area contributed by atoms with Crippen LogP contribution in [0.4, 0.5) is 4.39 Å². The van der Waals surface area contributed by atoms with E-state index in [2.05, 4.69) is 28.2 Å². The maximum Gasteiger partial charge on any atom is 0.123 e. The van der Waals surface area contributed by atoms with Gasteiger partial charge in [-0.1, -0.05) is 23.7 Å². The summed E-state index contributed by atoms with van der Waals surface area (Å²) in [6, 6.07) is 13.2. The number of fused-ring (bicyclic) bond motifs is 1. The quantitative estimate of drug-likeness (QED) is 0.662. The molecule has 3 aromatic rings. The Balaban J connectivity index is 1.70. The number of nitrogens with one attached hydrogen (secondary N) is 1. The zero-order chi connectivity index (χ0) is 17.4. The molecule has 1 aromatic heterocycles. The molecule has 130 valence electrons. The first-order valence-corrected chi connectivity index (χ1v) is 9.17. The van der Waals surface area contributed by atoms with E-state index < -0.39 is 0 Å². The van der Waals surface area contributed by atoms with E-state index in [0.29, 0.717) is 0 Å². The Kier molecular flexibility index (Phi) is 4.30. The summed E-state index contributed by atoms with van der Waals surface area (Å²) in [5.74, 6) is -0.171. The molecule has 1 aliphatic carbocycles. The lowest BCUT2D eigenvalue weighted by atomic mass is 9.96. The molecule has 0 amide bonds. The Labute approximate surface area is 152 Å². The first-order chi connectivity index (χ1) is 12.1. The smallest absolute Gasteiger partial charge is 0.123 e. The third kappa shape index (κ3) is 3.19. The molecule has 4 rings (SSSR count). The lowest BCUT2D eigenvalue weighted by molar-refractivity contribution is 0.557. The number of rotatable bonds is 6. The molecule has 4 heteroatoms. The summed E-state index contributed by atoms with van der Waals surface area (Å²) < 4.78 is 15.6. The van der Waals surface area contributed by atoms with Crippen molar-refractivity contribution in [2.45, 2.75) is 31.2 Å². The maximum atomic E-state index is 13.3. The molecule has 1 aliphatic rings. The molecule has 0 saturated heterocycles. The molecular formula is C21H22ClFN2. The summed E-state index contributed by atoms with van der Waals surface area (Å²) in [6.45, 7) is 1.87. The lowest BCUT2D eigenvalue weighted by Gasteiger charge is -2.17. The predicted molar refractivity (Wildman–Crippen MR) is 102 cm³/mol. The van der Waals surface area contributed by atoms with Crippen molar-refractivity contribution in [3.63, 3.8) is 0 Å². The summed E-state index contributed by atoms with van der Waals surface area (Å²) in [4.78, 5) is 0. The second kappa shape index (κ2) is 6.47. The molecule has 0 radical (unpaired) electrons. The fourth-order valence-electron chi connectivity index (χ4n) is 3.75. The van der Waals surface area contributed by atoms with Gasteiger partial charge in [0.25, 0.3) is 0 Å². The minimum absolute atomic E-state index is 0.138. The van der Waals surface area contributed by atoms with Crippen molar-refractivity contribution in [1.29, 1.82) is 0 Å². The second-order valence-corrected chi connectivity index (χ2v) is 7.52. The average molecular weight is 357 g/mol. The lowest BCUT2D eigenvalue weighted by Crippen LogP contribution is -2.15. The molecule has 25 heavy (non-hydrogen) atoms. The van der Waals surface area contributed by atoms with E-state index in [1.54, 1.807) is 12.1 Å². The van der Waals surface area contributed by atoms with Crippen LogP contribution in [0.25, 0.3) is 10.9 Å². The standard InChI is InChI=1S/C21H22ClFN2/c1-24-11-8-15-13-25(20-7-4-17(22)12-19(15)20)14-21(9-10-21)16-2-5-18(23)6-3-16/h2-7,12-13,24H,8-11,14H2,1H3. The molecule has 1 saturated carbocycles. The minimum atomic E-state index is -0.171. The molecule has 0 spiro atoms. The fraction of sp³-hybridized carbons (Fsp3) is 0.333. The fourth-order valence-corrected chi connectivity index (χ4v) is 3.92. The van der Waals surface area contributed by atoms with E-state index in [1.807, 2.05) is 25.2 Å². The molecule has 2 nitrogen and oxygen atoms in total. The Hall–Kier alpha value is -1.84. The summed E-state index contributed by atoms with van der Waals surface area (Å²) in [5.41, 5.74) is 3.92. The van der Waals surface area contributed by atoms with Gasteiger partial charge in [0.1, 0.15) is 5.82 Å². The summed E-state index contributed by atoms with van der Waals surface area (Å²) in [7, 11) is 1.97. The largest absolute Gasteiger partial charge is 0.346 e. The number of likely N-dealkylation sites (N-methyl/N-ethyl adjacent to an activating group) is 1. The van der Waals surface area contributed by atoms with Crippen LogP contribution in [-0.4, -0.2) is 18.2 Å². The van der Waals surface area contributed by atoms with E-state index >= 15 is 0 Å². The summed E-state index contributed by atoms with van der Waals surface area (Å²) >= 11 is 6.23. The Morgan fingerprint density at radius 2 is 1.92 bits per heavy atom. The molecule has 0 atom stereocenters. The molecular weight excluding hydrogens is 335 g/mol. The van der Waals surface area contributed by atoms with Crippen LogP contribution in [0.1, 0.15) is 24.0 Å². The zero-order valence-electron chi connectivity index (χ0n) is 14.4. The van der Waals surface area contributed by atoms with Crippen molar-refractivity contribution < 1.29 is 4.39 Å². The predicted octanol–water partition coefficient (Wildman–Crippen LogP) is 4.93. The van der Waals surface area contributed by atoms with Gasteiger partial charge >= 0.3 is 0 Å². The van der Waals surface area contributed by atoms with Gasteiger partial charge in [-0.3, -0.25) is 0 Å². The van der Waals surface area contributed by atoms with Crippen LogP contribution in [0.3, 0.4) is 0 Å². The van der Waals surface area contributed by atoms with Gasteiger partial charge in [-0.05, 0) is 74.3 Å². The zero-order valence-corrected chi connectivity index (χ0v) is 15.1. The van der Waals surface area contributed by atoms with Crippen molar-refractivity contribution in [3.05, 3.63) is 70.6 Å². The molecule has 2 aromatic carbocycles. The van der Waals surface area contributed by atoms with Crippen molar-refractivity contribution in [2.24, 2.45) is 0 Å². The van der Waals surface area contributed by atoms with Crippen LogP contribution in [0.2, 0.25) is 5.02 Å². The molecule has 1 N–H and O–H groups in total. The third-order valence-corrected chi connectivity index (χ3v) is 5.59. The first-order valence-electron chi connectivity index (χ1n) is 8.79. The summed E-state index contributed by atoms with van der Waals surface area (Å²) in [6.07, 6.45) is 5.54. The Morgan fingerprint density at radius 3 is 2.60 bits per heavy atom. The number of hydrogen-bond acceptors (Lipinski definition) is 1. The second-order valence-electron chi connectivity index (χ2n) is 7.08. The van der Waals surface area contributed by atoms with Crippen molar-refractivity contribution in [1.82, 2.24) is 9.88 Å². The van der Waals surface area contributed by atoms with E-state index in [9.17, 15) is 4.39 Å². The van der Waals surface area contributed by atoms with Gasteiger partial charge in [0.05, 0.1) is 0 Å². The molecule has 0 unspecified atom stereocenters. The van der Waals surface area contributed by atoms with Crippen LogP contribution in [0.5, 0.6) is 0 Å². The van der Waals surface area contributed by atoms with Crippen LogP contribution < -0.4 is 5.32 Å². The van der Waals surface area contributed by atoms with Crippen molar-refractivity contribution in [2.75, 3.05) is 13.6 Å². The highest BCUT2D eigenvalue weighted by Crippen LogP contribution is 2.50. The molecule has 0 bridgehead atoms. The van der Waals surface area contributed by atoms with E-state index in [0.717, 1.165) is 37.4 Å². The highest BCUT2D eigenvalue weighted by atomic mass is 35.5. The van der Waals surface area contributed by atoms with Gasteiger partial charge < -0.3 is 9.88 Å². The topological polar surface area (TPSA) is 17.0 Å². The number of halogens is 2. The van der Waals surface area contributed by atoms with Gasteiger partial charge in [-0.2, -0.15) is 0 Å². The molecule has 1 fully saturated rings. The highest BCUT2D eigenvalue weighted by Gasteiger charge is 2.44. The number of benzene rings is 2. The van der Waals surface area contributed by atoms with E-state index in [4.69, 9.17) is 11.6 Å². The van der Waals surface area contributed by atoms with Crippen molar-refractivity contribution in [3.8, 4) is 0 Å².